The van der Waals surface area contributed by atoms with Crippen LogP contribution in [-0.2, 0) is 25.7 Å². The van der Waals surface area contributed by atoms with Gasteiger partial charge in [0.2, 0.25) is 17.7 Å². The average Bonchev–Trinajstić information content (AvgIpc) is 3.55. The van der Waals surface area contributed by atoms with E-state index in [1.54, 1.807) is 36.4 Å². The summed E-state index contributed by atoms with van der Waals surface area (Å²) in [5.74, 6) is -2.42. The molecule has 2 aromatic rings. The molecular formula is C32H36FN3O4. The predicted octanol–water partition coefficient (Wildman–Crippen LogP) is 4.36. The minimum Gasteiger partial charge on any atom is -0.359 e. The first kappa shape index (κ1) is 26.7. The van der Waals surface area contributed by atoms with Crippen molar-refractivity contribution in [2.24, 2.45) is 23.7 Å². The van der Waals surface area contributed by atoms with E-state index in [9.17, 15) is 18.8 Å². The van der Waals surface area contributed by atoms with Crippen molar-refractivity contribution in [1.82, 2.24) is 10.2 Å². The summed E-state index contributed by atoms with van der Waals surface area (Å²) in [6.45, 7) is 6.19. The zero-order valence-electron chi connectivity index (χ0n) is 23.1. The molecule has 4 aliphatic rings. The Morgan fingerprint density at radius 1 is 1.10 bits per heavy atom. The lowest BCUT2D eigenvalue weighted by Gasteiger charge is -2.38. The molecule has 0 unspecified atom stereocenters. The number of anilines is 1. The summed E-state index contributed by atoms with van der Waals surface area (Å²) in [4.78, 5) is 43.3. The second-order valence-corrected chi connectivity index (χ2v) is 12.0. The van der Waals surface area contributed by atoms with Gasteiger partial charge in [-0.15, -0.1) is 0 Å². The van der Waals surface area contributed by atoms with E-state index in [1.165, 1.54) is 11.0 Å². The number of nitrogens with one attached hydrogen (secondary N) is 2. The predicted molar refractivity (Wildman–Crippen MR) is 148 cm³/mol. The molecule has 1 spiro atoms. The van der Waals surface area contributed by atoms with Crippen LogP contribution in [0.15, 0.2) is 60.7 Å². The highest BCUT2D eigenvalue weighted by Crippen LogP contribution is 2.55. The zero-order valence-corrected chi connectivity index (χ0v) is 23.1. The monoisotopic (exact) mass is 545 g/mol. The van der Waals surface area contributed by atoms with E-state index in [2.05, 4.69) is 24.5 Å². The Bertz CT molecular complexity index is 1380. The second kappa shape index (κ2) is 10.1. The first-order chi connectivity index (χ1) is 19.2. The van der Waals surface area contributed by atoms with E-state index >= 15 is 0 Å². The highest BCUT2D eigenvalue weighted by Gasteiger charge is 2.72. The van der Waals surface area contributed by atoms with Gasteiger partial charge in [-0.2, -0.15) is 0 Å². The van der Waals surface area contributed by atoms with Gasteiger partial charge in [0.15, 0.2) is 0 Å². The van der Waals surface area contributed by atoms with Crippen LogP contribution in [0.1, 0.15) is 44.2 Å². The highest BCUT2D eigenvalue weighted by molar-refractivity contribution is 6.02. The molecule has 1 saturated carbocycles. The Labute approximate surface area is 234 Å². The summed E-state index contributed by atoms with van der Waals surface area (Å²) < 4.78 is 21.2. The number of rotatable bonds is 6. The van der Waals surface area contributed by atoms with Gasteiger partial charge in [-0.1, -0.05) is 69.2 Å². The van der Waals surface area contributed by atoms with Gasteiger partial charge in [0.25, 0.3) is 0 Å². The van der Waals surface area contributed by atoms with Crippen LogP contribution in [-0.4, -0.2) is 46.4 Å². The third-order valence-corrected chi connectivity index (χ3v) is 9.54. The van der Waals surface area contributed by atoms with Crippen molar-refractivity contribution in [1.29, 1.82) is 0 Å². The van der Waals surface area contributed by atoms with Gasteiger partial charge in [-0.3, -0.25) is 14.4 Å². The Hall–Kier alpha value is -3.52. The average molecular weight is 546 g/mol. The molecule has 2 aromatic carbocycles. The van der Waals surface area contributed by atoms with Crippen molar-refractivity contribution in [2.75, 3.05) is 5.32 Å². The van der Waals surface area contributed by atoms with E-state index in [0.717, 1.165) is 24.8 Å². The van der Waals surface area contributed by atoms with Gasteiger partial charge in [-0.25, -0.2) is 4.39 Å². The first-order valence-electron chi connectivity index (χ1n) is 14.3. The van der Waals surface area contributed by atoms with Crippen LogP contribution in [0.25, 0.3) is 0 Å². The third kappa shape index (κ3) is 4.33. The molecule has 3 amide bonds. The van der Waals surface area contributed by atoms with Crippen LogP contribution in [0.2, 0.25) is 0 Å². The smallest absolute Gasteiger partial charge is 0.246 e. The summed E-state index contributed by atoms with van der Waals surface area (Å²) >= 11 is 0. The molecule has 7 nitrogen and oxygen atoms in total. The summed E-state index contributed by atoms with van der Waals surface area (Å²) in [6, 6.07) is 12.7. The van der Waals surface area contributed by atoms with E-state index < -0.39 is 35.4 Å². The number of fused-ring (bicyclic) bond motifs is 1. The first-order valence-corrected chi connectivity index (χ1v) is 14.3. The number of amides is 3. The maximum atomic E-state index is 14.8. The number of nitrogens with zero attached hydrogens (tertiary/aromatic N) is 1. The quantitative estimate of drug-likeness (QED) is 0.528. The van der Waals surface area contributed by atoms with Crippen molar-refractivity contribution in [3.8, 4) is 0 Å². The van der Waals surface area contributed by atoms with Gasteiger partial charge in [0, 0.05) is 23.8 Å². The van der Waals surface area contributed by atoms with E-state index in [0.29, 0.717) is 17.2 Å². The molecule has 1 aliphatic carbocycles. The Morgan fingerprint density at radius 2 is 1.90 bits per heavy atom. The lowest BCUT2D eigenvalue weighted by atomic mass is 9.73. The summed E-state index contributed by atoms with van der Waals surface area (Å²) in [7, 11) is 0. The van der Waals surface area contributed by atoms with Crippen molar-refractivity contribution in [3.63, 3.8) is 0 Å². The Balaban J connectivity index is 1.34. The molecule has 8 heteroatoms. The molecule has 0 aromatic heterocycles. The Morgan fingerprint density at radius 3 is 2.67 bits per heavy atom. The molecule has 0 radical (unpaired) electrons. The molecule has 2 N–H and O–H groups in total. The minimum absolute atomic E-state index is 0.0277. The Kier molecular flexibility index (Phi) is 6.77. The van der Waals surface area contributed by atoms with Gasteiger partial charge in [-0.05, 0) is 48.9 Å². The molecular weight excluding hydrogens is 509 g/mol. The fourth-order valence-electron chi connectivity index (χ4n) is 7.24. The van der Waals surface area contributed by atoms with Gasteiger partial charge < -0.3 is 20.3 Å². The standard InChI is InChI=1S/C32H36FN3O4/c1-18-8-6-11-22(16-18)34-29(37)26-25-14-15-32(40-25)27(26)31(39)36(17-21-10-4-5-12-23(21)33)28(32)30(38)35-24-13-7-9-19(2)20(24)3/h4-6,8,10-12,14-16,19-20,24-28H,7,9,13,17H2,1-3H3,(H,34,37)(H,35,38)/t19-,20-,24-,25-,26+,27-,28-,32-/m1/s1. The fourth-order valence-corrected chi connectivity index (χ4v) is 7.24. The summed E-state index contributed by atoms with van der Waals surface area (Å²) in [5, 5.41) is 6.18. The second-order valence-electron chi connectivity index (χ2n) is 12.0. The molecule has 40 heavy (non-hydrogen) atoms. The number of hydrogen-bond donors (Lipinski definition) is 2. The number of ether oxygens (including phenoxy) is 1. The number of likely N-dealkylation sites (tertiary alicyclic amines) is 1. The SMILES string of the molecule is Cc1cccc(NC(=O)[C@H]2[C@H]3C=C[C@@]4(O3)[C@H]2C(=O)N(Cc2ccccc2F)[C@@H]4C(=O)N[C@@H]2CCC[C@@H](C)[C@H]2C)c1. The number of hydrogen-bond acceptors (Lipinski definition) is 4. The van der Waals surface area contributed by atoms with E-state index in [4.69, 9.17) is 4.74 Å². The summed E-state index contributed by atoms with van der Waals surface area (Å²) in [5.41, 5.74) is 0.641. The van der Waals surface area contributed by atoms with E-state index in [1.807, 2.05) is 25.1 Å². The van der Waals surface area contributed by atoms with Crippen LogP contribution in [0, 0.1) is 36.4 Å². The summed E-state index contributed by atoms with van der Waals surface area (Å²) in [6.07, 6.45) is 5.96. The van der Waals surface area contributed by atoms with Crippen LogP contribution in [0.4, 0.5) is 10.1 Å². The highest BCUT2D eigenvalue weighted by atomic mass is 19.1. The van der Waals surface area contributed by atoms with E-state index in [-0.39, 0.29) is 36.2 Å². The van der Waals surface area contributed by atoms with Crippen molar-refractivity contribution in [3.05, 3.63) is 77.6 Å². The van der Waals surface area contributed by atoms with Crippen LogP contribution >= 0.6 is 0 Å². The van der Waals surface area contributed by atoms with Crippen molar-refractivity contribution in [2.45, 2.75) is 70.4 Å². The van der Waals surface area contributed by atoms with Crippen molar-refractivity contribution < 1.29 is 23.5 Å². The molecule has 210 valence electrons. The molecule has 3 heterocycles. The third-order valence-electron chi connectivity index (χ3n) is 9.54. The lowest BCUT2D eigenvalue weighted by Crippen LogP contribution is -2.57. The van der Waals surface area contributed by atoms with Crippen molar-refractivity contribution >= 4 is 23.4 Å². The minimum atomic E-state index is -1.30. The van der Waals surface area contributed by atoms with Crippen LogP contribution in [0.3, 0.4) is 0 Å². The van der Waals surface area contributed by atoms with Gasteiger partial charge in [0.1, 0.15) is 17.5 Å². The van der Waals surface area contributed by atoms with Gasteiger partial charge in [0.05, 0.1) is 17.9 Å². The molecule has 3 aliphatic heterocycles. The largest absolute Gasteiger partial charge is 0.359 e. The lowest BCUT2D eigenvalue weighted by molar-refractivity contribution is -0.142. The fraction of sp³-hybridized carbons (Fsp3) is 0.469. The molecule has 6 rings (SSSR count). The number of benzene rings is 2. The molecule has 2 saturated heterocycles. The van der Waals surface area contributed by atoms with Crippen LogP contribution < -0.4 is 10.6 Å². The number of halogens is 1. The number of aryl methyl sites for hydroxylation is 1. The maximum Gasteiger partial charge on any atom is 0.246 e. The molecule has 3 fully saturated rings. The zero-order chi connectivity index (χ0) is 28.2. The molecule has 2 bridgehead atoms. The maximum absolute atomic E-state index is 14.8. The normalized spacial score (nSPS) is 34.1. The molecule has 8 atom stereocenters. The number of carbonyl (C=O) groups excluding carboxylic acids is 3. The number of carbonyl (C=O) groups is 3. The topological polar surface area (TPSA) is 87.7 Å². The van der Waals surface area contributed by atoms with Crippen LogP contribution in [0.5, 0.6) is 0 Å². The van der Waals surface area contributed by atoms with Gasteiger partial charge >= 0.3 is 0 Å².